The first-order chi connectivity index (χ1) is 9.88. The Bertz CT molecular complexity index is 779. The standard InChI is InChI=1S/C14H12N2O5/c1-7-2-4-9(12(18)15-7)13(19)16-10-6-8(14(20)21)3-5-11(10)17/h2-6,17H,1H3,(H,15,18)(H,16,19)(H,20,21). The quantitative estimate of drug-likeness (QED) is 0.635. The zero-order valence-electron chi connectivity index (χ0n) is 11.0. The molecular weight excluding hydrogens is 276 g/mol. The molecule has 0 aliphatic carbocycles. The lowest BCUT2D eigenvalue weighted by Crippen LogP contribution is -2.23. The maximum absolute atomic E-state index is 12.0. The minimum Gasteiger partial charge on any atom is -0.506 e. The Hall–Kier alpha value is -3.09. The number of aromatic nitrogens is 1. The van der Waals surface area contributed by atoms with Crippen LogP contribution in [0.4, 0.5) is 5.69 Å². The number of carbonyl (C=O) groups is 2. The fourth-order valence-corrected chi connectivity index (χ4v) is 1.71. The molecule has 21 heavy (non-hydrogen) atoms. The van der Waals surface area contributed by atoms with Gasteiger partial charge in [0.05, 0.1) is 11.3 Å². The van der Waals surface area contributed by atoms with Gasteiger partial charge < -0.3 is 20.5 Å². The summed E-state index contributed by atoms with van der Waals surface area (Å²) in [6, 6.07) is 6.37. The van der Waals surface area contributed by atoms with Gasteiger partial charge in [-0.3, -0.25) is 9.59 Å². The first kappa shape index (κ1) is 14.3. The molecule has 7 nitrogen and oxygen atoms in total. The van der Waals surface area contributed by atoms with Gasteiger partial charge in [0.2, 0.25) is 0 Å². The molecule has 0 fully saturated rings. The average molecular weight is 288 g/mol. The highest BCUT2D eigenvalue weighted by Gasteiger charge is 2.14. The fourth-order valence-electron chi connectivity index (χ4n) is 1.71. The second-order valence-electron chi connectivity index (χ2n) is 4.38. The Morgan fingerprint density at radius 1 is 1.19 bits per heavy atom. The van der Waals surface area contributed by atoms with Gasteiger partial charge in [-0.05, 0) is 37.3 Å². The summed E-state index contributed by atoms with van der Waals surface area (Å²) in [4.78, 5) is 37.0. The first-order valence-corrected chi connectivity index (χ1v) is 5.96. The lowest BCUT2D eigenvalue weighted by Gasteiger charge is -2.08. The number of aromatic hydroxyl groups is 1. The topological polar surface area (TPSA) is 119 Å². The maximum atomic E-state index is 12.0. The summed E-state index contributed by atoms with van der Waals surface area (Å²) in [5.41, 5.74) is -0.282. The molecule has 0 radical (unpaired) electrons. The maximum Gasteiger partial charge on any atom is 0.335 e. The number of benzene rings is 1. The second-order valence-corrected chi connectivity index (χ2v) is 4.38. The number of hydrogen-bond acceptors (Lipinski definition) is 4. The van der Waals surface area contributed by atoms with Crippen molar-refractivity contribution in [3.05, 3.63) is 57.5 Å². The van der Waals surface area contributed by atoms with Crippen molar-refractivity contribution in [3.8, 4) is 5.75 Å². The lowest BCUT2D eigenvalue weighted by molar-refractivity contribution is 0.0696. The number of H-pyrrole nitrogens is 1. The number of carboxylic acid groups (broad SMARTS) is 1. The number of aromatic amines is 1. The van der Waals surface area contributed by atoms with Gasteiger partial charge in [-0.1, -0.05) is 0 Å². The van der Waals surface area contributed by atoms with Gasteiger partial charge in [-0.15, -0.1) is 0 Å². The van der Waals surface area contributed by atoms with Crippen molar-refractivity contribution in [2.24, 2.45) is 0 Å². The number of anilines is 1. The Morgan fingerprint density at radius 2 is 1.90 bits per heavy atom. The van der Waals surface area contributed by atoms with Crippen molar-refractivity contribution in [1.29, 1.82) is 0 Å². The predicted molar refractivity (Wildman–Crippen MR) is 74.8 cm³/mol. The molecule has 2 aromatic rings. The summed E-state index contributed by atoms with van der Waals surface area (Å²) in [6.45, 7) is 1.67. The number of aryl methyl sites for hydroxylation is 1. The van der Waals surface area contributed by atoms with Crippen LogP contribution in [-0.4, -0.2) is 27.1 Å². The van der Waals surface area contributed by atoms with E-state index >= 15 is 0 Å². The van der Waals surface area contributed by atoms with Crippen LogP contribution in [0.3, 0.4) is 0 Å². The monoisotopic (exact) mass is 288 g/mol. The lowest BCUT2D eigenvalue weighted by atomic mass is 10.1. The molecule has 0 bridgehead atoms. The van der Waals surface area contributed by atoms with E-state index in [-0.39, 0.29) is 22.6 Å². The Kier molecular flexibility index (Phi) is 3.75. The molecule has 2 rings (SSSR count). The normalized spacial score (nSPS) is 10.1. The van der Waals surface area contributed by atoms with Gasteiger partial charge in [0, 0.05) is 5.69 Å². The minimum atomic E-state index is -1.20. The van der Waals surface area contributed by atoms with Crippen molar-refractivity contribution < 1.29 is 19.8 Å². The number of pyridine rings is 1. The average Bonchev–Trinajstić information content (AvgIpc) is 2.40. The van der Waals surface area contributed by atoms with Crippen molar-refractivity contribution in [3.63, 3.8) is 0 Å². The van der Waals surface area contributed by atoms with Crippen LogP contribution in [0.15, 0.2) is 35.1 Å². The molecule has 1 aromatic heterocycles. The molecular formula is C14H12N2O5. The van der Waals surface area contributed by atoms with Gasteiger partial charge in [-0.2, -0.15) is 0 Å². The molecule has 4 N–H and O–H groups in total. The van der Waals surface area contributed by atoms with Crippen LogP contribution in [0.2, 0.25) is 0 Å². The van der Waals surface area contributed by atoms with E-state index in [0.29, 0.717) is 5.69 Å². The van der Waals surface area contributed by atoms with E-state index in [4.69, 9.17) is 5.11 Å². The zero-order valence-corrected chi connectivity index (χ0v) is 11.0. The molecule has 0 spiro atoms. The molecule has 1 amide bonds. The highest BCUT2D eigenvalue weighted by atomic mass is 16.4. The highest BCUT2D eigenvalue weighted by molar-refractivity contribution is 6.05. The van der Waals surface area contributed by atoms with Crippen LogP contribution in [0, 0.1) is 6.92 Å². The number of rotatable bonds is 3. The molecule has 0 saturated heterocycles. The zero-order chi connectivity index (χ0) is 15.6. The number of carbonyl (C=O) groups excluding carboxylic acids is 1. The predicted octanol–water partition coefficient (Wildman–Crippen LogP) is 1.34. The van der Waals surface area contributed by atoms with E-state index < -0.39 is 17.4 Å². The van der Waals surface area contributed by atoms with Gasteiger partial charge in [0.25, 0.3) is 11.5 Å². The number of phenolic OH excluding ortho intramolecular Hbond substituents is 1. The molecule has 0 aliphatic rings. The Morgan fingerprint density at radius 3 is 2.52 bits per heavy atom. The molecule has 0 saturated carbocycles. The molecule has 108 valence electrons. The van der Waals surface area contributed by atoms with Crippen molar-refractivity contribution in [1.82, 2.24) is 4.98 Å². The summed E-state index contributed by atoms with van der Waals surface area (Å²) in [5.74, 6) is -2.23. The number of nitrogens with one attached hydrogen (secondary N) is 2. The third kappa shape index (κ3) is 3.08. The number of phenols is 1. The van der Waals surface area contributed by atoms with Crippen molar-refractivity contribution in [2.45, 2.75) is 6.92 Å². The van der Waals surface area contributed by atoms with Crippen molar-refractivity contribution >= 4 is 17.6 Å². The summed E-state index contributed by atoms with van der Waals surface area (Å²) >= 11 is 0. The number of aromatic carboxylic acids is 1. The highest BCUT2D eigenvalue weighted by Crippen LogP contribution is 2.24. The summed E-state index contributed by atoms with van der Waals surface area (Å²) in [5, 5.41) is 20.8. The summed E-state index contributed by atoms with van der Waals surface area (Å²) in [6.07, 6.45) is 0. The molecule has 1 aromatic carbocycles. The number of hydrogen-bond donors (Lipinski definition) is 4. The van der Waals surface area contributed by atoms with Gasteiger partial charge in [-0.25, -0.2) is 4.79 Å². The van der Waals surface area contributed by atoms with Crippen LogP contribution in [-0.2, 0) is 0 Å². The van der Waals surface area contributed by atoms with Crippen LogP contribution in [0.5, 0.6) is 5.75 Å². The fraction of sp³-hybridized carbons (Fsp3) is 0.0714. The minimum absolute atomic E-state index is 0.0834. The molecule has 0 atom stereocenters. The first-order valence-electron chi connectivity index (χ1n) is 5.96. The smallest absolute Gasteiger partial charge is 0.335 e. The van der Waals surface area contributed by atoms with E-state index in [0.717, 1.165) is 12.1 Å². The third-order valence-corrected chi connectivity index (χ3v) is 2.79. The van der Waals surface area contributed by atoms with Crippen LogP contribution >= 0.6 is 0 Å². The van der Waals surface area contributed by atoms with E-state index in [1.807, 2.05) is 0 Å². The van der Waals surface area contributed by atoms with Gasteiger partial charge in [0.15, 0.2) is 0 Å². The Balaban J connectivity index is 2.33. The second kappa shape index (κ2) is 5.49. The third-order valence-electron chi connectivity index (χ3n) is 2.79. The van der Waals surface area contributed by atoms with Crippen LogP contribution in [0.25, 0.3) is 0 Å². The van der Waals surface area contributed by atoms with E-state index in [2.05, 4.69) is 10.3 Å². The SMILES string of the molecule is Cc1ccc(C(=O)Nc2cc(C(=O)O)ccc2O)c(=O)[nH]1. The molecule has 1 heterocycles. The van der Waals surface area contributed by atoms with E-state index in [1.165, 1.54) is 12.1 Å². The summed E-state index contributed by atoms with van der Waals surface area (Å²) in [7, 11) is 0. The number of carboxylic acids is 1. The van der Waals surface area contributed by atoms with Gasteiger partial charge >= 0.3 is 5.97 Å². The van der Waals surface area contributed by atoms with Crippen LogP contribution in [0.1, 0.15) is 26.4 Å². The largest absolute Gasteiger partial charge is 0.506 e. The van der Waals surface area contributed by atoms with E-state index in [1.54, 1.807) is 13.0 Å². The molecule has 0 aliphatic heterocycles. The number of amides is 1. The van der Waals surface area contributed by atoms with E-state index in [9.17, 15) is 19.5 Å². The van der Waals surface area contributed by atoms with Crippen LogP contribution < -0.4 is 10.9 Å². The van der Waals surface area contributed by atoms with Gasteiger partial charge in [0.1, 0.15) is 11.3 Å². The summed E-state index contributed by atoms with van der Waals surface area (Å²) < 4.78 is 0. The molecule has 7 heteroatoms. The molecule has 0 unspecified atom stereocenters. The van der Waals surface area contributed by atoms with Crippen molar-refractivity contribution in [2.75, 3.05) is 5.32 Å². The Labute approximate surface area is 118 Å².